The van der Waals surface area contributed by atoms with Gasteiger partial charge in [-0.25, -0.2) is 0 Å². The van der Waals surface area contributed by atoms with Crippen LogP contribution in [0.1, 0.15) is 64.0 Å². The zero-order chi connectivity index (χ0) is 15.0. The van der Waals surface area contributed by atoms with Gasteiger partial charge in [0.15, 0.2) is 0 Å². The zero-order valence-electron chi connectivity index (χ0n) is 13.4. The minimum atomic E-state index is -0.885. The summed E-state index contributed by atoms with van der Waals surface area (Å²) in [6, 6.07) is 8.06. The van der Waals surface area contributed by atoms with Gasteiger partial charge in [-0.2, -0.15) is 0 Å². The first-order valence-corrected chi connectivity index (χ1v) is 7.76. The molecule has 0 aliphatic rings. The van der Waals surface area contributed by atoms with Crippen molar-refractivity contribution < 1.29 is 5.11 Å². The van der Waals surface area contributed by atoms with Gasteiger partial charge in [0.1, 0.15) is 5.60 Å². The van der Waals surface area contributed by atoms with Gasteiger partial charge in [0.25, 0.3) is 0 Å². The van der Waals surface area contributed by atoms with Gasteiger partial charge in [0.2, 0.25) is 0 Å². The molecule has 1 N–H and O–H groups in total. The molecule has 2 atom stereocenters. The molecule has 1 rings (SSSR count). The van der Waals surface area contributed by atoms with E-state index in [1.165, 1.54) is 31.2 Å². The Morgan fingerprint density at radius 3 is 2.40 bits per heavy atom. The Kier molecular flexibility index (Phi) is 6.82. The van der Waals surface area contributed by atoms with Crippen molar-refractivity contribution in [3.8, 4) is 11.8 Å². The molecule has 0 bridgehead atoms. The normalized spacial score (nSPS) is 15.1. The predicted molar refractivity (Wildman–Crippen MR) is 86.4 cm³/mol. The van der Waals surface area contributed by atoms with E-state index in [2.05, 4.69) is 25.7 Å². The summed E-state index contributed by atoms with van der Waals surface area (Å²) in [5, 5.41) is 10.7. The topological polar surface area (TPSA) is 20.2 Å². The van der Waals surface area contributed by atoms with Crippen LogP contribution in [0.2, 0.25) is 0 Å². The third kappa shape index (κ3) is 5.02. The molecule has 0 aliphatic carbocycles. The summed E-state index contributed by atoms with van der Waals surface area (Å²) >= 11 is 0. The van der Waals surface area contributed by atoms with Crippen molar-refractivity contribution >= 4 is 0 Å². The average Bonchev–Trinajstić information content (AvgIpc) is 2.43. The molecule has 2 unspecified atom stereocenters. The van der Waals surface area contributed by atoms with Crippen LogP contribution < -0.4 is 0 Å². The third-order valence-electron chi connectivity index (χ3n) is 3.95. The van der Waals surface area contributed by atoms with Gasteiger partial charge in [0.05, 0.1) is 5.92 Å². The quantitative estimate of drug-likeness (QED) is 0.582. The van der Waals surface area contributed by atoms with Crippen molar-refractivity contribution in [2.45, 2.75) is 65.4 Å². The maximum Gasteiger partial charge on any atom is 0.100 e. The van der Waals surface area contributed by atoms with Gasteiger partial charge >= 0.3 is 0 Å². The van der Waals surface area contributed by atoms with E-state index < -0.39 is 5.60 Å². The van der Waals surface area contributed by atoms with Gasteiger partial charge < -0.3 is 5.11 Å². The van der Waals surface area contributed by atoms with Gasteiger partial charge in [-0.3, -0.25) is 0 Å². The molecule has 0 radical (unpaired) electrons. The lowest BCUT2D eigenvalue weighted by Crippen LogP contribution is -2.28. The lowest BCUT2D eigenvalue weighted by Gasteiger charge is -2.27. The van der Waals surface area contributed by atoms with Crippen molar-refractivity contribution in [1.29, 1.82) is 0 Å². The first-order chi connectivity index (χ1) is 9.48. The smallest absolute Gasteiger partial charge is 0.100 e. The zero-order valence-corrected chi connectivity index (χ0v) is 13.4. The van der Waals surface area contributed by atoms with E-state index in [0.717, 1.165) is 12.0 Å². The van der Waals surface area contributed by atoms with Crippen LogP contribution >= 0.6 is 0 Å². The van der Waals surface area contributed by atoms with Gasteiger partial charge in [-0.05, 0) is 32.8 Å². The number of benzene rings is 1. The van der Waals surface area contributed by atoms with E-state index in [9.17, 15) is 5.11 Å². The molecule has 0 fully saturated rings. The van der Waals surface area contributed by atoms with E-state index >= 15 is 0 Å². The van der Waals surface area contributed by atoms with E-state index in [-0.39, 0.29) is 5.92 Å². The second-order valence-corrected chi connectivity index (χ2v) is 5.87. The molecule has 0 amide bonds. The molecule has 0 aromatic heterocycles. The molecule has 0 heterocycles. The molecule has 20 heavy (non-hydrogen) atoms. The van der Waals surface area contributed by atoms with Crippen molar-refractivity contribution in [1.82, 2.24) is 0 Å². The first-order valence-electron chi connectivity index (χ1n) is 7.76. The number of aliphatic hydroxyl groups is 1. The van der Waals surface area contributed by atoms with E-state index in [0.29, 0.717) is 0 Å². The minimum absolute atomic E-state index is 0.0589. The average molecular weight is 272 g/mol. The third-order valence-corrected chi connectivity index (χ3v) is 3.95. The fourth-order valence-corrected chi connectivity index (χ4v) is 2.15. The van der Waals surface area contributed by atoms with Gasteiger partial charge in [-0.15, -0.1) is 5.92 Å². The molecule has 0 saturated carbocycles. The van der Waals surface area contributed by atoms with E-state index in [4.69, 9.17) is 0 Å². The highest BCUT2D eigenvalue weighted by Crippen LogP contribution is 2.29. The number of unbranched alkanes of at least 4 members (excludes halogenated alkanes) is 4. The number of aryl methyl sites for hydroxylation is 1. The van der Waals surface area contributed by atoms with Gasteiger partial charge in [0, 0.05) is 6.42 Å². The number of hydrogen-bond acceptors (Lipinski definition) is 1. The van der Waals surface area contributed by atoms with Crippen LogP contribution in [-0.2, 0) is 5.60 Å². The molecule has 0 saturated heterocycles. The highest BCUT2D eigenvalue weighted by molar-refractivity contribution is 5.28. The van der Waals surface area contributed by atoms with E-state index in [1.807, 2.05) is 38.1 Å². The summed E-state index contributed by atoms with van der Waals surface area (Å²) in [5.74, 6) is 6.38. The number of rotatable bonds is 6. The van der Waals surface area contributed by atoms with Crippen LogP contribution in [0.3, 0.4) is 0 Å². The Labute approximate surface area is 124 Å². The first kappa shape index (κ1) is 16.8. The monoisotopic (exact) mass is 272 g/mol. The summed E-state index contributed by atoms with van der Waals surface area (Å²) in [4.78, 5) is 0. The van der Waals surface area contributed by atoms with Crippen LogP contribution in [0, 0.1) is 24.7 Å². The van der Waals surface area contributed by atoms with Crippen LogP contribution in [0.15, 0.2) is 24.3 Å². The molecule has 1 heteroatoms. The minimum Gasteiger partial charge on any atom is -0.384 e. The Hall–Kier alpha value is -1.26. The predicted octanol–water partition coefficient (Wildman–Crippen LogP) is 4.81. The standard InChI is InChI=1S/C19H28O/c1-5-6-7-8-9-10-11-17(3)19(4,20)18-14-12-16(2)13-15-18/h12-15,17,20H,5-9H2,1-4H3. The Morgan fingerprint density at radius 1 is 1.15 bits per heavy atom. The Bertz CT molecular complexity index is 445. The van der Waals surface area contributed by atoms with E-state index in [1.54, 1.807) is 0 Å². The maximum absolute atomic E-state index is 10.7. The van der Waals surface area contributed by atoms with Crippen molar-refractivity contribution in [3.63, 3.8) is 0 Å². The van der Waals surface area contributed by atoms with Crippen LogP contribution in [0.25, 0.3) is 0 Å². The highest BCUT2D eigenvalue weighted by atomic mass is 16.3. The molecule has 1 aromatic rings. The molecule has 0 aliphatic heterocycles. The SMILES string of the molecule is CCCCCCC#CC(C)C(C)(O)c1ccc(C)cc1. The summed E-state index contributed by atoms with van der Waals surface area (Å²) in [6.45, 7) is 8.12. The fourth-order valence-electron chi connectivity index (χ4n) is 2.15. The van der Waals surface area contributed by atoms with Crippen LogP contribution in [-0.4, -0.2) is 5.11 Å². The summed E-state index contributed by atoms with van der Waals surface area (Å²) in [5.41, 5.74) is 1.26. The van der Waals surface area contributed by atoms with Crippen molar-refractivity contribution in [3.05, 3.63) is 35.4 Å². The van der Waals surface area contributed by atoms with Crippen LogP contribution in [0.4, 0.5) is 0 Å². The molecular formula is C19H28O. The molecule has 110 valence electrons. The lowest BCUT2D eigenvalue weighted by molar-refractivity contribution is 0.0239. The second kappa shape index (κ2) is 8.12. The summed E-state index contributed by atoms with van der Waals surface area (Å²) in [7, 11) is 0. The lowest BCUT2D eigenvalue weighted by atomic mass is 9.84. The Morgan fingerprint density at radius 2 is 1.80 bits per heavy atom. The van der Waals surface area contributed by atoms with Gasteiger partial charge in [-0.1, -0.05) is 61.9 Å². The summed E-state index contributed by atoms with van der Waals surface area (Å²) < 4.78 is 0. The molecule has 0 spiro atoms. The second-order valence-electron chi connectivity index (χ2n) is 5.87. The molecule has 1 aromatic carbocycles. The van der Waals surface area contributed by atoms with Crippen molar-refractivity contribution in [2.75, 3.05) is 0 Å². The highest BCUT2D eigenvalue weighted by Gasteiger charge is 2.28. The summed E-state index contributed by atoms with van der Waals surface area (Å²) in [6.07, 6.45) is 5.91. The van der Waals surface area contributed by atoms with Crippen molar-refractivity contribution in [2.24, 2.45) is 5.92 Å². The fraction of sp³-hybridized carbons (Fsp3) is 0.579. The van der Waals surface area contributed by atoms with Crippen LogP contribution in [0.5, 0.6) is 0 Å². The molecular weight excluding hydrogens is 244 g/mol. The number of hydrogen-bond donors (Lipinski definition) is 1. The maximum atomic E-state index is 10.7. The Balaban J connectivity index is 2.58. The largest absolute Gasteiger partial charge is 0.384 e. The molecule has 1 nitrogen and oxygen atoms in total.